The number of pyridine rings is 1. The van der Waals surface area contributed by atoms with Gasteiger partial charge < -0.3 is 10.5 Å². The standard InChI is InChI=1S/C20H23F3N8O/c1-2-15(18-26-11-27-28-18)30-4-3-19(10-30)16-8-14(29-31(16)5-6-32-19)12-7-13(20(21,22)23)17(24)25-9-12/h7-9,11,15H,2-6,10H2,1H3,(H2,24,25)(H,26,27,28)/t15?,19-/m1/s1. The number of nitrogens with zero attached hydrogens (tertiary/aromatic N) is 6. The normalized spacial score (nSPS) is 22.4. The van der Waals surface area contributed by atoms with Gasteiger partial charge in [0.2, 0.25) is 0 Å². The Morgan fingerprint density at radius 3 is 2.84 bits per heavy atom. The summed E-state index contributed by atoms with van der Waals surface area (Å²) in [6.07, 6.45) is -0.162. The SMILES string of the molecule is CCC(c1ncn[nH]1)N1CC[C@]2(C1)OCCn1nc(-c3cnc(N)c(C(F)(F)F)c3)cc12. The molecule has 0 radical (unpaired) electrons. The van der Waals surface area contributed by atoms with Gasteiger partial charge in [-0.05, 0) is 25.0 Å². The molecule has 3 aromatic rings. The number of hydrogen-bond acceptors (Lipinski definition) is 7. The average molecular weight is 448 g/mol. The number of hydrogen-bond donors (Lipinski definition) is 2. The van der Waals surface area contributed by atoms with Crippen LogP contribution in [0, 0.1) is 0 Å². The van der Waals surface area contributed by atoms with Crippen molar-refractivity contribution in [1.82, 2.24) is 34.8 Å². The van der Waals surface area contributed by atoms with Crippen LogP contribution < -0.4 is 5.73 Å². The number of aromatic nitrogens is 6. The lowest BCUT2D eigenvalue weighted by Gasteiger charge is -2.35. The zero-order chi connectivity index (χ0) is 22.5. The summed E-state index contributed by atoms with van der Waals surface area (Å²) in [5, 5.41) is 11.5. The molecule has 0 bridgehead atoms. The van der Waals surface area contributed by atoms with Crippen LogP contribution in [0.1, 0.15) is 42.9 Å². The molecule has 3 aromatic heterocycles. The molecule has 32 heavy (non-hydrogen) atoms. The monoisotopic (exact) mass is 448 g/mol. The van der Waals surface area contributed by atoms with Crippen molar-refractivity contribution in [2.45, 2.75) is 44.1 Å². The lowest BCUT2D eigenvalue weighted by atomic mass is 9.96. The van der Waals surface area contributed by atoms with Crippen molar-refractivity contribution in [3.63, 3.8) is 0 Å². The van der Waals surface area contributed by atoms with Crippen molar-refractivity contribution in [3.05, 3.63) is 41.7 Å². The number of nitrogens with two attached hydrogens (primary N) is 1. The summed E-state index contributed by atoms with van der Waals surface area (Å²) in [7, 11) is 0. The maximum Gasteiger partial charge on any atom is 0.419 e. The summed E-state index contributed by atoms with van der Waals surface area (Å²) in [5.74, 6) is 0.261. The van der Waals surface area contributed by atoms with E-state index in [1.807, 2.05) is 10.7 Å². The Kier molecular flexibility index (Phi) is 4.93. The van der Waals surface area contributed by atoms with Gasteiger partial charge >= 0.3 is 6.18 Å². The lowest BCUT2D eigenvalue weighted by Crippen LogP contribution is -2.41. The fourth-order valence-electron chi connectivity index (χ4n) is 4.74. The first-order valence-electron chi connectivity index (χ1n) is 10.5. The molecule has 2 atom stereocenters. The molecule has 1 saturated heterocycles. The van der Waals surface area contributed by atoms with Crippen molar-refractivity contribution in [3.8, 4) is 11.3 Å². The van der Waals surface area contributed by atoms with E-state index in [0.717, 1.165) is 37.0 Å². The first-order chi connectivity index (χ1) is 15.3. The zero-order valence-electron chi connectivity index (χ0n) is 17.4. The van der Waals surface area contributed by atoms with E-state index in [4.69, 9.17) is 10.5 Å². The van der Waals surface area contributed by atoms with E-state index in [1.54, 1.807) is 0 Å². The highest BCUT2D eigenvalue weighted by molar-refractivity contribution is 5.63. The van der Waals surface area contributed by atoms with Crippen LogP contribution in [0.4, 0.5) is 19.0 Å². The summed E-state index contributed by atoms with van der Waals surface area (Å²) >= 11 is 0. The van der Waals surface area contributed by atoms with E-state index in [-0.39, 0.29) is 11.6 Å². The van der Waals surface area contributed by atoms with E-state index >= 15 is 0 Å². The van der Waals surface area contributed by atoms with Crippen LogP contribution in [0.25, 0.3) is 11.3 Å². The molecule has 1 fully saturated rings. The number of anilines is 1. The second-order valence-corrected chi connectivity index (χ2v) is 8.15. The number of fused-ring (bicyclic) bond motifs is 2. The number of alkyl halides is 3. The van der Waals surface area contributed by atoms with Gasteiger partial charge in [0.15, 0.2) is 0 Å². The first kappa shape index (κ1) is 20.9. The Morgan fingerprint density at radius 2 is 2.12 bits per heavy atom. The molecule has 1 spiro atoms. The molecular formula is C20H23F3N8O. The predicted octanol–water partition coefficient (Wildman–Crippen LogP) is 2.75. The number of nitrogen functional groups attached to an aromatic ring is 1. The quantitative estimate of drug-likeness (QED) is 0.631. The fourth-order valence-corrected chi connectivity index (χ4v) is 4.74. The number of likely N-dealkylation sites (tertiary alicyclic amines) is 1. The van der Waals surface area contributed by atoms with Gasteiger partial charge in [-0.2, -0.15) is 23.4 Å². The molecule has 5 heterocycles. The van der Waals surface area contributed by atoms with Gasteiger partial charge in [-0.1, -0.05) is 6.92 Å². The van der Waals surface area contributed by atoms with Gasteiger partial charge in [-0.15, -0.1) is 0 Å². The minimum Gasteiger partial charge on any atom is -0.383 e. The molecule has 9 nitrogen and oxygen atoms in total. The van der Waals surface area contributed by atoms with Gasteiger partial charge in [0.1, 0.15) is 23.6 Å². The van der Waals surface area contributed by atoms with Crippen LogP contribution in [0.2, 0.25) is 0 Å². The molecule has 0 aromatic carbocycles. The van der Waals surface area contributed by atoms with Gasteiger partial charge in [-0.25, -0.2) is 9.97 Å². The Labute approximate surface area is 181 Å². The molecule has 5 rings (SSSR count). The molecule has 3 N–H and O–H groups in total. The number of nitrogens with one attached hydrogen (secondary N) is 1. The van der Waals surface area contributed by atoms with E-state index < -0.39 is 23.2 Å². The van der Waals surface area contributed by atoms with Gasteiger partial charge in [-0.3, -0.25) is 14.7 Å². The van der Waals surface area contributed by atoms with Crippen LogP contribution in [-0.2, 0) is 23.1 Å². The smallest absolute Gasteiger partial charge is 0.383 e. The molecule has 0 aliphatic carbocycles. The number of rotatable bonds is 4. The highest BCUT2D eigenvalue weighted by Gasteiger charge is 2.47. The summed E-state index contributed by atoms with van der Waals surface area (Å²) in [4.78, 5) is 10.4. The third-order valence-electron chi connectivity index (χ3n) is 6.29. The molecule has 1 unspecified atom stereocenters. The van der Waals surface area contributed by atoms with E-state index in [9.17, 15) is 13.2 Å². The van der Waals surface area contributed by atoms with Gasteiger partial charge in [0, 0.05) is 24.8 Å². The van der Waals surface area contributed by atoms with Crippen LogP contribution >= 0.6 is 0 Å². The number of halogens is 3. The van der Waals surface area contributed by atoms with Crippen molar-refractivity contribution in [2.24, 2.45) is 0 Å². The maximum atomic E-state index is 13.3. The Morgan fingerprint density at radius 1 is 1.28 bits per heavy atom. The van der Waals surface area contributed by atoms with Gasteiger partial charge in [0.25, 0.3) is 0 Å². The zero-order valence-corrected chi connectivity index (χ0v) is 17.4. The lowest BCUT2D eigenvalue weighted by molar-refractivity contribution is -0.137. The highest BCUT2D eigenvalue weighted by atomic mass is 19.4. The van der Waals surface area contributed by atoms with Crippen LogP contribution in [0.5, 0.6) is 0 Å². The fraction of sp³-hybridized carbons (Fsp3) is 0.500. The van der Waals surface area contributed by atoms with Crippen molar-refractivity contribution in [1.29, 1.82) is 0 Å². The Hall–Kier alpha value is -2.99. The second-order valence-electron chi connectivity index (χ2n) is 8.15. The minimum absolute atomic E-state index is 0.0777. The first-order valence-corrected chi connectivity index (χ1v) is 10.5. The molecule has 12 heteroatoms. The topological polar surface area (TPSA) is 111 Å². The van der Waals surface area contributed by atoms with Crippen molar-refractivity contribution >= 4 is 5.82 Å². The van der Waals surface area contributed by atoms with Crippen LogP contribution in [0.3, 0.4) is 0 Å². The number of aromatic amines is 1. The molecule has 170 valence electrons. The second kappa shape index (κ2) is 7.55. The van der Waals surface area contributed by atoms with Crippen molar-refractivity contribution in [2.75, 3.05) is 25.4 Å². The average Bonchev–Trinajstić information content (AvgIpc) is 3.50. The molecule has 2 aliphatic rings. The van der Waals surface area contributed by atoms with Crippen LogP contribution in [0.15, 0.2) is 24.7 Å². The highest BCUT2D eigenvalue weighted by Crippen LogP contribution is 2.43. The van der Waals surface area contributed by atoms with Crippen molar-refractivity contribution < 1.29 is 17.9 Å². The van der Waals surface area contributed by atoms with E-state index in [2.05, 4.69) is 37.1 Å². The largest absolute Gasteiger partial charge is 0.419 e. The number of H-pyrrole nitrogens is 1. The summed E-state index contributed by atoms with van der Waals surface area (Å²) < 4.78 is 48.0. The van der Waals surface area contributed by atoms with Crippen LogP contribution in [-0.4, -0.2) is 54.5 Å². The third-order valence-corrected chi connectivity index (χ3v) is 6.29. The third kappa shape index (κ3) is 3.43. The molecule has 2 aliphatic heterocycles. The molecule has 0 amide bonds. The predicted molar refractivity (Wildman–Crippen MR) is 108 cm³/mol. The van der Waals surface area contributed by atoms with Gasteiger partial charge in [0.05, 0.1) is 36.1 Å². The Bertz CT molecular complexity index is 1110. The number of ether oxygens (including phenoxy) is 1. The molecule has 0 saturated carbocycles. The summed E-state index contributed by atoms with van der Waals surface area (Å²) in [6.45, 7) is 4.53. The maximum absolute atomic E-state index is 13.3. The van der Waals surface area contributed by atoms with E-state index in [0.29, 0.717) is 25.4 Å². The minimum atomic E-state index is -4.58. The summed E-state index contributed by atoms with van der Waals surface area (Å²) in [6, 6.07) is 2.89. The Balaban J connectivity index is 1.47. The summed E-state index contributed by atoms with van der Waals surface area (Å²) in [5.41, 5.74) is 5.46. The molecular weight excluding hydrogens is 425 g/mol. The van der Waals surface area contributed by atoms with E-state index in [1.165, 1.54) is 12.5 Å².